The molecule has 1 fully saturated rings. The van der Waals surface area contributed by atoms with Crippen LogP contribution in [0.25, 0.3) is 0 Å². The number of hydrogen-bond acceptors (Lipinski definition) is 7. The maximum absolute atomic E-state index is 13.6. The molecule has 220 valence electrons. The van der Waals surface area contributed by atoms with Gasteiger partial charge in [0.2, 0.25) is 5.95 Å². The highest BCUT2D eigenvalue weighted by Crippen LogP contribution is 2.33. The van der Waals surface area contributed by atoms with E-state index < -0.39 is 0 Å². The average Bonchev–Trinajstić information content (AvgIpc) is 3.01. The van der Waals surface area contributed by atoms with E-state index in [0.29, 0.717) is 35.2 Å². The van der Waals surface area contributed by atoms with Gasteiger partial charge in [-0.05, 0) is 75.0 Å². The predicted octanol–water partition coefficient (Wildman–Crippen LogP) is 5.42. The Balaban J connectivity index is 1.17. The molecule has 0 radical (unpaired) electrons. The highest BCUT2D eigenvalue weighted by molar-refractivity contribution is 6.07. The van der Waals surface area contributed by atoms with Gasteiger partial charge in [-0.1, -0.05) is 23.8 Å². The molecule has 1 saturated heterocycles. The van der Waals surface area contributed by atoms with Crippen molar-refractivity contribution in [1.29, 1.82) is 0 Å². The number of amides is 3. The van der Waals surface area contributed by atoms with Crippen molar-refractivity contribution in [2.45, 2.75) is 20.4 Å². The van der Waals surface area contributed by atoms with Gasteiger partial charge in [-0.15, -0.1) is 0 Å². The molecule has 43 heavy (non-hydrogen) atoms. The second-order valence-electron chi connectivity index (χ2n) is 11.3. The van der Waals surface area contributed by atoms with E-state index in [1.54, 1.807) is 29.1 Å². The van der Waals surface area contributed by atoms with Gasteiger partial charge in [-0.2, -0.15) is 4.98 Å². The van der Waals surface area contributed by atoms with E-state index in [1.807, 2.05) is 62.4 Å². The van der Waals surface area contributed by atoms with Gasteiger partial charge in [0.15, 0.2) is 0 Å². The summed E-state index contributed by atoms with van der Waals surface area (Å²) >= 11 is 0. The summed E-state index contributed by atoms with van der Waals surface area (Å²) in [7, 11) is 3.87. The van der Waals surface area contributed by atoms with Crippen LogP contribution in [0.3, 0.4) is 0 Å². The first-order valence-electron chi connectivity index (χ1n) is 14.5. The molecule has 0 spiro atoms. The Kier molecular flexibility index (Phi) is 7.69. The second-order valence-corrected chi connectivity index (χ2v) is 11.3. The van der Waals surface area contributed by atoms with Crippen molar-refractivity contribution >= 4 is 46.5 Å². The minimum absolute atomic E-state index is 0.201. The third-order valence-electron chi connectivity index (χ3n) is 8.04. The Morgan fingerprint density at radius 1 is 0.884 bits per heavy atom. The van der Waals surface area contributed by atoms with Gasteiger partial charge in [0.1, 0.15) is 5.82 Å². The van der Waals surface area contributed by atoms with Crippen LogP contribution < -0.4 is 25.3 Å². The van der Waals surface area contributed by atoms with Crippen LogP contribution in [0, 0.1) is 13.8 Å². The van der Waals surface area contributed by atoms with Crippen molar-refractivity contribution in [2.75, 3.05) is 65.6 Å². The molecule has 0 atom stereocenters. The lowest BCUT2D eigenvalue weighted by molar-refractivity contribution is 0.102. The Labute approximate surface area is 252 Å². The number of rotatable bonds is 6. The minimum Gasteiger partial charge on any atom is -0.369 e. The van der Waals surface area contributed by atoms with Crippen molar-refractivity contribution in [1.82, 2.24) is 14.9 Å². The van der Waals surface area contributed by atoms with Gasteiger partial charge in [0, 0.05) is 67.6 Å². The van der Waals surface area contributed by atoms with Crippen LogP contribution in [0.15, 0.2) is 72.9 Å². The van der Waals surface area contributed by atoms with E-state index in [9.17, 15) is 9.59 Å². The lowest BCUT2D eigenvalue weighted by Crippen LogP contribution is -2.46. The normalized spacial score (nSPS) is 15.3. The predicted molar refractivity (Wildman–Crippen MR) is 172 cm³/mol. The van der Waals surface area contributed by atoms with Crippen molar-refractivity contribution in [3.05, 3.63) is 95.2 Å². The molecule has 3 amide bonds. The fourth-order valence-corrected chi connectivity index (χ4v) is 5.47. The number of likely N-dealkylation sites (N-methyl/N-ethyl adjacent to an activating group) is 1. The van der Waals surface area contributed by atoms with Gasteiger partial charge >= 0.3 is 6.03 Å². The molecule has 4 aromatic rings. The average molecular weight is 577 g/mol. The molecule has 2 aliphatic heterocycles. The molecule has 0 saturated carbocycles. The zero-order valence-electron chi connectivity index (χ0n) is 25.0. The number of nitrogens with one attached hydrogen (secondary N) is 2. The number of piperazine rings is 1. The molecule has 0 unspecified atom stereocenters. The van der Waals surface area contributed by atoms with Crippen LogP contribution in [0.1, 0.15) is 27.0 Å². The summed E-state index contributed by atoms with van der Waals surface area (Å²) in [5.74, 6) is 0.791. The largest absolute Gasteiger partial charge is 0.369 e. The summed E-state index contributed by atoms with van der Waals surface area (Å²) in [6.45, 7) is 8.36. The lowest BCUT2D eigenvalue weighted by atomic mass is 10.1. The molecular weight excluding hydrogens is 540 g/mol. The fourth-order valence-electron chi connectivity index (χ4n) is 5.47. The van der Waals surface area contributed by atoms with E-state index in [1.165, 1.54) is 5.69 Å². The van der Waals surface area contributed by atoms with Gasteiger partial charge in [0.25, 0.3) is 5.91 Å². The van der Waals surface area contributed by atoms with E-state index >= 15 is 0 Å². The third-order valence-corrected chi connectivity index (χ3v) is 8.04. The zero-order valence-corrected chi connectivity index (χ0v) is 25.0. The number of anilines is 6. The number of fused-ring (bicyclic) bond motifs is 1. The van der Waals surface area contributed by atoms with Gasteiger partial charge in [0.05, 0.1) is 12.2 Å². The van der Waals surface area contributed by atoms with Gasteiger partial charge in [-0.3, -0.25) is 14.6 Å². The van der Waals surface area contributed by atoms with Crippen LogP contribution in [-0.2, 0) is 6.54 Å². The minimum atomic E-state index is -0.209. The Morgan fingerprint density at radius 3 is 2.37 bits per heavy atom. The first-order valence-corrected chi connectivity index (χ1v) is 14.5. The van der Waals surface area contributed by atoms with Crippen molar-refractivity contribution in [3.63, 3.8) is 0 Å². The van der Waals surface area contributed by atoms with E-state index in [-0.39, 0.29) is 11.9 Å². The summed E-state index contributed by atoms with van der Waals surface area (Å²) in [5, 5.41) is 6.24. The Morgan fingerprint density at radius 2 is 1.63 bits per heavy atom. The van der Waals surface area contributed by atoms with Crippen LogP contribution in [0.2, 0.25) is 0 Å². The lowest BCUT2D eigenvalue weighted by Gasteiger charge is -2.35. The first kappa shape index (κ1) is 28.2. The number of carbonyl (C=O) groups is 2. The highest BCUT2D eigenvalue weighted by atomic mass is 16.2. The van der Waals surface area contributed by atoms with Crippen molar-refractivity contribution < 1.29 is 9.59 Å². The molecule has 1 aromatic heterocycles. The molecule has 2 N–H and O–H groups in total. The maximum atomic E-state index is 13.6. The Bertz CT molecular complexity index is 1660. The second kappa shape index (κ2) is 11.7. The zero-order chi connectivity index (χ0) is 30.1. The topological polar surface area (TPSA) is 96.9 Å². The van der Waals surface area contributed by atoms with Gasteiger partial charge in [-0.25, -0.2) is 9.78 Å². The molecule has 3 heterocycles. The highest BCUT2D eigenvalue weighted by Gasteiger charge is 2.31. The number of urea groups is 1. The van der Waals surface area contributed by atoms with E-state index in [4.69, 9.17) is 4.98 Å². The van der Waals surface area contributed by atoms with E-state index in [0.717, 1.165) is 48.6 Å². The molecule has 6 rings (SSSR count). The SMILES string of the molecule is Cc1cccc(C(=O)Nc2ccc(C)c(N3Cc4cnc(Nc5ccc(N6CCN(C)CC6)cc5)nc4N(C)C3=O)c2)c1. The van der Waals surface area contributed by atoms with E-state index in [2.05, 4.69) is 44.6 Å². The molecule has 10 nitrogen and oxygen atoms in total. The van der Waals surface area contributed by atoms with Crippen LogP contribution >= 0.6 is 0 Å². The molecule has 3 aromatic carbocycles. The number of carbonyl (C=O) groups excluding carboxylic acids is 2. The standard InChI is InChI=1S/C33H36N8O2/c1-22-6-5-7-24(18-22)31(42)35-27-9-8-23(2)29(19-27)41-21-25-20-34-32(37-30(25)39(4)33(41)43)36-26-10-12-28(13-11-26)40-16-14-38(3)15-17-40/h5-13,18-20H,14-17,21H2,1-4H3,(H,35,42)(H,34,36,37). The summed E-state index contributed by atoms with van der Waals surface area (Å²) in [5.41, 5.74) is 6.74. The van der Waals surface area contributed by atoms with Crippen LogP contribution in [0.5, 0.6) is 0 Å². The number of hydrogen-bond donors (Lipinski definition) is 2. The molecular formula is C33H36N8O2. The quantitative estimate of drug-likeness (QED) is 0.317. The first-order chi connectivity index (χ1) is 20.7. The number of aryl methyl sites for hydroxylation is 2. The maximum Gasteiger partial charge on any atom is 0.330 e. The summed E-state index contributed by atoms with van der Waals surface area (Å²) in [6, 6.07) is 21.1. The van der Waals surface area contributed by atoms with Crippen LogP contribution in [0.4, 0.5) is 39.3 Å². The summed E-state index contributed by atoms with van der Waals surface area (Å²) in [4.78, 5) is 43.6. The fraction of sp³-hybridized carbons (Fsp3) is 0.273. The molecule has 0 bridgehead atoms. The number of benzene rings is 3. The van der Waals surface area contributed by atoms with Crippen molar-refractivity contribution in [2.24, 2.45) is 0 Å². The van der Waals surface area contributed by atoms with Gasteiger partial charge < -0.3 is 20.4 Å². The van der Waals surface area contributed by atoms with Crippen LogP contribution in [-0.4, -0.2) is 67.1 Å². The van der Waals surface area contributed by atoms with Crippen molar-refractivity contribution in [3.8, 4) is 0 Å². The molecule has 10 heteroatoms. The third kappa shape index (κ3) is 6.00. The number of nitrogens with zero attached hydrogens (tertiary/aromatic N) is 6. The summed E-state index contributed by atoms with van der Waals surface area (Å²) < 4.78 is 0. The summed E-state index contributed by atoms with van der Waals surface area (Å²) in [6.07, 6.45) is 1.76. The monoisotopic (exact) mass is 576 g/mol. The Hall–Kier alpha value is -4.96. The molecule has 2 aliphatic rings. The number of aromatic nitrogens is 2. The smallest absolute Gasteiger partial charge is 0.330 e. The molecule has 0 aliphatic carbocycles.